The first-order valence-electron chi connectivity index (χ1n) is 8.65. The zero-order chi connectivity index (χ0) is 17.8. The van der Waals surface area contributed by atoms with Crippen LogP contribution in [0.1, 0.15) is 36.9 Å². The van der Waals surface area contributed by atoms with Gasteiger partial charge in [-0.3, -0.25) is 14.3 Å². The number of carbonyl (C=O) groups is 2. The molecule has 1 unspecified atom stereocenters. The lowest BCUT2D eigenvalue weighted by molar-refractivity contribution is -0.136. The number of fused-ring (bicyclic) bond motifs is 1. The SMILES string of the molecule is CC(C)CC(=O)N1Cc2ccnn2C(C(=O)NCCc2cccs2)C1. The Morgan fingerprint density at radius 3 is 2.96 bits per heavy atom. The van der Waals surface area contributed by atoms with Crippen LogP contribution in [0.3, 0.4) is 0 Å². The molecule has 2 aromatic rings. The van der Waals surface area contributed by atoms with Gasteiger partial charge in [0.25, 0.3) is 0 Å². The average molecular weight is 360 g/mol. The molecule has 1 N–H and O–H groups in total. The van der Waals surface area contributed by atoms with Crippen LogP contribution < -0.4 is 5.32 Å². The third-order valence-electron chi connectivity index (χ3n) is 4.28. The molecule has 0 spiro atoms. The van der Waals surface area contributed by atoms with E-state index in [2.05, 4.69) is 16.5 Å². The summed E-state index contributed by atoms with van der Waals surface area (Å²) >= 11 is 1.69. The van der Waals surface area contributed by atoms with Gasteiger partial charge in [-0.25, -0.2) is 0 Å². The second-order valence-corrected chi connectivity index (χ2v) is 7.81. The van der Waals surface area contributed by atoms with Crippen LogP contribution in [0.15, 0.2) is 29.8 Å². The van der Waals surface area contributed by atoms with E-state index in [0.29, 0.717) is 32.0 Å². The van der Waals surface area contributed by atoms with Crippen molar-refractivity contribution in [1.29, 1.82) is 0 Å². The average Bonchev–Trinajstić information content (AvgIpc) is 3.24. The van der Waals surface area contributed by atoms with Gasteiger partial charge < -0.3 is 10.2 Å². The van der Waals surface area contributed by atoms with Gasteiger partial charge in [-0.05, 0) is 29.9 Å². The van der Waals surface area contributed by atoms with Crippen LogP contribution in [-0.4, -0.2) is 39.6 Å². The van der Waals surface area contributed by atoms with Gasteiger partial charge in [0.2, 0.25) is 11.8 Å². The lowest BCUT2D eigenvalue weighted by atomic mass is 10.1. The number of hydrogen-bond acceptors (Lipinski definition) is 4. The van der Waals surface area contributed by atoms with Crippen LogP contribution >= 0.6 is 11.3 Å². The number of amides is 2. The topological polar surface area (TPSA) is 67.2 Å². The van der Waals surface area contributed by atoms with Crippen molar-refractivity contribution in [2.75, 3.05) is 13.1 Å². The van der Waals surface area contributed by atoms with Gasteiger partial charge in [0.1, 0.15) is 6.04 Å². The van der Waals surface area contributed by atoms with Crippen LogP contribution in [0.5, 0.6) is 0 Å². The number of rotatable bonds is 6. The Bertz CT molecular complexity index is 723. The zero-order valence-electron chi connectivity index (χ0n) is 14.6. The van der Waals surface area contributed by atoms with Crippen molar-refractivity contribution >= 4 is 23.2 Å². The van der Waals surface area contributed by atoms with Crippen molar-refractivity contribution in [1.82, 2.24) is 20.0 Å². The van der Waals surface area contributed by atoms with E-state index >= 15 is 0 Å². The van der Waals surface area contributed by atoms with Crippen LogP contribution in [-0.2, 0) is 22.6 Å². The van der Waals surface area contributed by atoms with Crippen molar-refractivity contribution < 1.29 is 9.59 Å². The van der Waals surface area contributed by atoms with Crippen molar-refractivity contribution in [3.8, 4) is 0 Å². The number of aromatic nitrogens is 2. The van der Waals surface area contributed by atoms with E-state index in [1.807, 2.05) is 31.4 Å². The second-order valence-electron chi connectivity index (χ2n) is 6.78. The molecule has 3 rings (SSSR count). The lowest BCUT2D eigenvalue weighted by Gasteiger charge is -2.33. The van der Waals surface area contributed by atoms with Crippen LogP contribution in [0.4, 0.5) is 0 Å². The van der Waals surface area contributed by atoms with Gasteiger partial charge >= 0.3 is 0 Å². The molecule has 0 radical (unpaired) electrons. The molecule has 25 heavy (non-hydrogen) atoms. The van der Waals surface area contributed by atoms with E-state index in [4.69, 9.17) is 0 Å². The molecule has 0 bridgehead atoms. The Morgan fingerprint density at radius 1 is 1.40 bits per heavy atom. The van der Waals surface area contributed by atoms with Gasteiger partial charge in [-0.1, -0.05) is 19.9 Å². The molecule has 134 valence electrons. The summed E-state index contributed by atoms with van der Waals surface area (Å²) in [5.41, 5.74) is 0.904. The minimum atomic E-state index is -0.460. The molecule has 0 aliphatic carbocycles. The van der Waals surface area contributed by atoms with Crippen molar-refractivity contribution in [2.24, 2.45) is 5.92 Å². The van der Waals surface area contributed by atoms with Crippen molar-refractivity contribution in [3.63, 3.8) is 0 Å². The fraction of sp³-hybridized carbons (Fsp3) is 0.500. The van der Waals surface area contributed by atoms with E-state index < -0.39 is 6.04 Å². The first-order chi connectivity index (χ1) is 12.0. The first-order valence-corrected chi connectivity index (χ1v) is 9.53. The molecular weight excluding hydrogens is 336 g/mol. The molecule has 6 nitrogen and oxygen atoms in total. The highest BCUT2D eigenvalue weighted by molar-refractivity contribution is 7.09. The Balaban J connectivity index is 1.64. The molecule has 0 saturated carbocycles. The van der Waals surface area contributed by atoms with E-state index in [0.717, 1.165) is 12.1 Å². The van der Waals surface area contributed by atoms with Gasteiger partial charge in [0, 0.05) is 24.0 Å². The predicted octanol–water partition coefficient (Wildman–Crippen LogP) is 2.23. The minimum Gasteiger partial charge on any atom is -0.354 e. The molecule has 1 aliphatic rings. The predicted molar refractivity (Wildman–Crippen MR) is 97.2 cm³/mol. The molecule has 3 heterocycles. The minimum absolute atomic E-state index is 0.0800. The summed E-state index contributed by atoms with van der Waals surface area (Å²) < 4.78 is 1.75. The highest BCUT2D eigenvalue weighted by Gasteiger charge is 2.32. The van der Waals surface area contributed by atoms with Gasteiger partial charge in [-0.2, -0.15) is 5.10 Å². The summed E-state index contributed by atoms with van der Waals surface area (Å²) in [4.78, 5) is 28.1. The maximum atomic E-state index is 12.7. The quantitative estimate of drug-likeness (QED) is 0.859. The maximum Gasteiger partial charge on any atom is 0.246 e. The number of thiophene rings is 1. The number of carbonyl (C=O) groups excluding carboxylic acids is 2. The molecule has 0 fully saturated rings. The Hall–Kier alpha value is -2.15. The summed E-state index contributed by atoms with van der Waals surface area (Å²) in [5, 5.41) is 9.32. The van der Waals surface area contributed by atoms with Crippen LogP contribution in [0.2, 0.25) is 0 Å². The number of hydrogen-bond donors (Lipinski definition) is 1. The molecule has 2 amide bonds. The van der Waals surface area contributed by atoms with E-state index in [1.165, 1.54) is 4.88 Å². The summed E-state index contributed by atoms with van der Waals surface area (Å²) in [6.07, 6.45) is 3.01. The van der Waals surface area contributed by atoms with Crippen molar-refractivity contribution in [3.05, 3.63) is 40.3 Å². The highest BCUT2D eigenvalue weighted by atomic mass is 32.1. The monoisotopic (exact) mass is 360 g/mol. The fourth-order valence-electron chi connectivity index (χ4n) is 3.04. The zero-order valence-corrected chi connectivity index (χ0v) is 15.5. The number of nitrogens with zero attached hydrogens (tertiary/aromatic N) is 3. The second kappa shape index (κ2) is 7.82. The molecular formula is C18H24N4O2S. The summed E-state index contributed by atoms with van der Waals surface area (Å²) in [6.45, 7) is 5.55. The largest absolute Gasteiger partial charge is 0.354 e. The molecule has 7 heteroatoms. The fourth-order valence-corrected chi connectivity index (χ4v) is 3.75. The Morgan fingerprint density at radius 2 is 2.24 bits per heavy atom. The van der Waals surface area contributed by atoms with Gasteiger partial charge in [0.05, 0.1) is 18.8 Å². The molecule has 0 saturated heterocycles. The smallest absolute Gasteiger partial charge is 0.246 e. The molecule has 0 aromatic carbocycles. The Kier molecular flexibility index (Phi) is 5.53. The van der Waals surface area contributed by atoms with Gasteiger partial charge in [-0.15, -0.1) is 11.3 Å². The van der Waals surface area contributed by atoms with Crippen LogP contribution in [0.25, 0.3) is 0 Å². The normalized spacial score (nSPS) is 16.8. The van der Waals surface area contributed by atoms with E-state index in [9.17, 15) is 9.59 Å². The van der Waals surface area contributed by atoms with Gasteiger partial charge in [0.15, 0.2) is 0 Å². The van der Waals surface area contributed by atoms with E-state index in [1.54, 1.807) is 27.1 Å². The third kappa shape index (κ3) is 4.28. The lowest BCUT2D eigenvalue weighted by Crippen LogP contribution is -2.47. The summed E-state index contributed by atoms with van der Waals surface area (Å²) in [5.74, 6) is 0.319. The number of nitrogens with one attached hydrogen (secondary N) is 1. The van der Waals surface area contributed by atoms with Crippen LogP contribution in [0, 0.1) is 5.92 Å². The Labute approximate surface area is 151 Å². The third-order valence-corrected chi connectivity index (χ3v) is 5.22. The molecule has 2 aromatic heterocycles. The summed E-state index contributed by atoms with van der Waals surface area (Å²) in [6, 6.07) is 5.49. The van der Waals surface area contributed by atoms with Crippen molar-refractivity contribution in [2.45, 2.75) is 39.3 Å². The maximum absolute atomic E-state index is 12.7. The molecule has 1 atom stereocenters. The first kappa shape index (κ1) is 17.7. The summed E-state index contributed by atoms with van der Waals surface area (Å²) in [7, 11) is 0. The molecule has 1 aliphatic heterocycles. The standard InChI is InChI=1S/C18H24N4O2S/c1-13(2)10-17(23)21-11-14-5-8-20-22(14)16(12-21)18(24)19-7-6-15-4-3-9-25-15/h3-5,8-9,13,16H,6-7,10-12H2,1-2H3,(H,19,24). The highest BCUT2D eigenvalue weighted by Crippen LogP contribution is 2.22. The van der Waals surface area contributed by atoms with E-state index in [-0.39, 0.29) is 11.8 Å².